The average Bonchev–Trinajstić information content (AvgIpc) is 2.92. The van der Waals surface area contributed by atoms with Crippen LogP contribution in [0.2, 0.25) is 0 Å². The second-order valence-corrected chi connectivity index (χ2v) is 6.56. The highest BCUT2D eigenvalue weighted by atomic mass is 16.1. The van der Waals surface area contributed by atoms with Crippen molar-refractivity contribution in [2.45, 2.75) is 18.9 Å². The normalized spacial score (nSPS) is 26.0. The molecule has 4 rings (SSSR count). The highest BCUT2D eigenvalue weighted by molar-refractivity contribution is 5.98. The maximum Gasteiger partial charge on any atom is 0.270 e. The lowest BCUT2D eigenvalue weighted by Crippen LogP contribution is -2.47. The molecule has 1 aromatic carbocycles. The van der Waals surface area contributed by atoms with Gasteiger partial charge in [0.15, 0.2) is 0 Å². The number of hydrogen-bond donors (Lipinski definition) is 1. The minimum Gasteiger partial charge on any atom is -0.347 e. The lowest BCUT2D eigenvalue weighted by molar-refractivity contribution is 0.0904. The van der Waals surface area contributed by atoms with Gasteiger partial charge in [0.25, 0.3) is 5.91 Å². The fourth-order valence-electron chi connectivity index (χ4n) is 3.84. The number of carbonyl (C=O) groups excluding carboxylic acids is 1. The standard InChI is InChI=1S/C19H19N3O/c1-2-14-4-3-5-15-10-20-18(9-17(14)15)19(23)21-16-8-13-6-7-22(11-13)12-16/h1,3-5,9-10,13,16H,6-8,11-12H2,(H,21,23). The van der Waals surface area contributed by atoms with Crippen LogP contribution in [0.25, 0.3) is 10.8 Å². The lowest BCUT2D eigenvalue weighted by atomic mass is 9.96. The monoisotopic (exact) mass is 305 g/mol. The van der Waals surface area contributed by atoms with Gasteiger partial charge in [-0.05, 0) is 37.4 Å². The number of fused-ring (bicyclic) bond motifs is 3. The summed E-state index contributed by atoms with van der Waals surface area (Å²) in [6.07, 6.45) is 9.60. The highest BCUT2D eigenvalue weighted by Crippen LogP contribution is 2.27. The van der Waals surface area contributed by atoms with E-state index in [4.69, 9.17) is 6.42 Å². The van der Waals surface area contributed by atoms with E-state index in [0.29, 0.717) is 5.69 Å². The molecule has 0 radical (unpaired) electrons. The molecule has 0 aliphatic carbocycles. The van der Waals surface area contributed by atoms with E-state index < -0.39 is 0 Å². The lowest BCUT2D eigenvalue weighted by Gasteiger charge is -2.30. The molecule has 2 aliphatic rings. The largest absolute Gasteiger partial charge is 0.347 e. The van der Waals surface area contributed by atoms with Gasteiger partial charge >= 0.3 is 0 Å². The van der Waals surface area contributed by atoms with E-state index in [-0.39, 0.29) is 11.9 Å². The fraction of sp³-hybridized carbons (Fsp3) is 0.368. The summed E-state index contributed by atoms with van der Waals surface area (Å²) >= 11 is 0. The molecule has 2 fully saturated rings. The third-order valence-electron chi connectivity index (χ3n) is 4.95. The number of pyridine rings is 1. The quantitative estimate of drug-likeness (QED) is 0.864. The van der Waals surface area contributed by atoms with Crippen molar-refractivity contribution in [2.75, 3.05) is 19.6 Å². The smallest absolute Gasteiger partial charge is 0.270 e. The van der Waals surface area contributed by atoms with Crippen molar-refractivity contribution >= 4 is 16.7 Å². The van der Waals surface area contributed by atoms with Crippen molar-refractivity contribution in [3.63, 3.8) is 0 Å². The van der Waals surface area contributed by atoms with Gasteiger partial charge in [0.05, 0.1) is 0 Å². The number of hydrogen-bond acceptors (Lipinski definition) is 3. The van der Waals surface area contributed by atoms with Crippen molar-refractivity contribution in [1.29, 1.82) is 0 Å². The minimum atomic E-state index is -0.105. The summed E-state index contributed by atoms with van der Waals surface area (Å²) in [6, 6.07) is 7.78. The number of nitrogens with one attached hydrogen (secondary N) is 1. The van der Waals surface area contributed by atoms with E-state index in [1.807, 2.05) is 18.2 Å². The van der Waals surface area contributed by atoms with Gasteiger partial charge in [0.1, 0.15) is 5.69 Å². The molecular weight excluding hydrogens is 286 g/mol. The van der Waals surface area contributed by atoms with Crippen LogP contribution in [0.5, 0.6) is 0 Å². The van der Waals surface area contributed by atoms with Crippen LogP contribution < -0.4 is 5.32 Å². The Bertz CT molecular complexity index is 796. The first kappa shape index (κ1) is 14.2. The number of rotatable bonds is 2. The summed E-state index contributed by atoms with van der Waals surface area (Å²) in [6.45, 7) is 3.30. The average molecular weight is 305 g/mol. The Morgan fingerprint density at radius 2 is 2.30 bits per heavy atom. The first-order valence-electron chi connectivity index (χ1n) is 8.11. The number of amides is 1. The number of piperidine rings is 1. The predicted molar refractivity (Wildman–Crippen MR) is 90.1 cm³/mol. The van der Waals surface area contributed by atoms with E-state index >= 15 is 0 Å². The topological polar surface area (TPSA) is 45.2 Å². The summed E-state index contributed by atoms with van der Waals surface area (Å²) in [5, 5.41) is 5.01. The molecule has 4 heteroatoms. The molecule has 1 N–H and O–H groups in total. The van der Waals surface area contributed by atoms with Crippen molar-refractivity contribution in [1.82, 2.24) is 15.2 Å². The van der Waals surface area contributed by atoms with Crippen LogP contribution >= 0.6 is 0 Å². The van der Waals surface area contributed by atoms with E-state index in [9.17, 15) is 4.79 Å². The number of terminal acetylenes is 1. The molecule has 23 heavy (non-hydrogen) atoms. The van der Waals surface area contributed by atoms with Crippen LogP contribution in [0.3, 0.4) is 0 Å². The Kier molecular flexibility index (Phi) is 3.51. The molecule has 2 aliphatic heterocycles. The van der Waals surface area contributed by atoms with Gasteiger partial charge in [0, 0.05) is 41.7 Å². The summed E-state index contributed by atoms with van der Waals surface area (Å²) in [5.74, 6) is 3.29. The zero-order valence-corrected chi connectivity index (χ0v) is 13.0. The Morgan fingerprint density at radius 3 is 3.13 bits per heavy atom. The zero-order valence-electron chi connectivity index (χ0n) is 13.0. The molecule has 2 aromatic rings. The van der Waals surface area contributed by atoms with Crippen molar-refractivity contribution in [3.8, 4) is 12.3 Å². The van der Waals surface area contributed by atoms with E-state index in [1.165, 1.54) is 13.0 Å². The van der Waals surface area contributed by atoms with E-state index in [2.05, 4.69) is 21.1 Å². The van der Waals surface area contributed by atoms with Crippen molar-refractivity contribution in [3.05, 3.63) is 41.7 Å². The molecule has 4 nitrogen and oxygen atoms in total. The Balaban J connectivity index is 1.56. The Morgan fingerprint density at radius 1 is 1.39 bits per heavy atom. The second-order valence-electron chi connectivity index (χ2n) is 6.56. The van der Waals surface area contributed by atoms with Crippen molar-refractivity contribution < 1.29 is 4.79 Å². The molecule has 1 amide bonds. The summed E-state index contributed by atoms with van der Waals surface area (Å²) in [7, 11) is 0. The number of carbonyl (C=O) groups is 1. The predicted octanol–water partition coefficient (Wildman–Crippen LogP) is 2.04. The van der Waals surface area contributed by atoms with Crippen LogP contribution in [-0.4, -0.2) is 41.5 Å². The molecule has 2 bridgehead atoms. The molecule has 0 spiro atoms. The summed E-state index contributed by atoms with van der Waals surface area (Å²) in [5.41, 5.74) is 1.23. The molecule has 2 saturated heterocycles. The number of nitrogens with zero attached hydrogens (tertiary/aromatic N) is 2. The number of benzene rings is 1. The summed E-state index contributed by atoms with van der Waals surface area (Å²) in [4.78, 5) is 19.3. The van der Waals surface area contributed by atoms with Gasteiger partial charge in [-0.2, -0.15) is 0 Å². The van der Waals surface area contributed by atoms with Crippen LogP contribution in [0, 0.1) is 18.3 Å². The second kappa shape index (κ2) is 5.68. The van der Waals surface area contributed by atoms with Gasteiger partial charge in [-0.25, -0.2) is 0 Å². The molecular formula is C19H19N3O. The van der Waals surface area contributed by atoms with Gasteiger partial charge < -0.3 is 10.2 Å². The van der Waals surface area contributed by atoms with Gasteiger partial charge in [-0.3, -0.25) is 9.78 Å². The fourth-order valence-corrected chi connectivity index (χ4v) is 3.84. The first-order chi connectivity index (χ1) is 11.2. The molecule has 3 heterocycles. The molecule has 3 unspecified atom stereocenters. The number of aromatic nitrogens is 1. The molecule has 1 aromatic heterocycles. The first-order valence-corrected chi connectivity index (χ1v) is 8.11. The van der Waals surface area contributed by atoms with Crippen LogP contribution in [-0.2, 0) is 0 Å². The Hall–Kier alpha value is -2.38. The molecule has 116 valence electrons. The third kappa shape index (κ3) is 2.69. The summed E-state index contributed by atoms with van der Waals surface area (Å²) < 4.78 is 0. The van der Waals surface area contributed by atoms with Crippen LogP contribution in [0.4, 0.5) is 0 Å². The minimum absolute atomic E-state index is 0.105. The van der Waals surface area contributed by atoms with Gasteiger partial charge in [-0.1, -0.05) is 18.1 Å². The van der Waals surface area contributed by atoms with Crippen molar-refractivity contribution in [2.24, 2.45) is 5.92 Å². The van der Waals surface area contributed by atoms with Crippen LogP contribution in [0.1, 0.15) is 28.9 Å². The molecule has 0 saturated carbocycles. The zero-order chi connectivity index (χ0) is 15.8. The maximum atomic E-state index is 12.5. The van der Waals surface area contributed by atoms with E-state index in [0.717, 1.165) is 41.8 Å². The highest BCUT2D eigenvalue weighted by Gasteiger charge is 2.33. The maximum absolute atomic E-state index is 12.5. The van der Waals surface area contributed by atoms with Gasteiger partial charge in [0.2, 0.25) is 0 Å². The van der Waals surface area contributed by atoms with E-state index in [1.54, 1.807) is 12.3 Å². The third-order valence-corrected chi connectivity index (χ3v) is 4.95. The van der Waals surface area contributed by atoms with Gasteiger partial charge in [-0.15, -0.1) is 6.42 Å². The Labute approximate surface area is 135 Å². The molecule has 3 atom stereocenters. The van der Waals surface area contributed by atoms with Crippen LogP contribution in [0.15, 0.2) is 30.5 Å². The SMILES string of the molecule is C#Cc1cccc2cnc(C(=O)NC3CC4CCN(C4)C3)cc12.